The lowest BCUT2D eigenvalue weighted by atomic mass is 10.1. The first kappa shape index (κ1) is 25.0. The van der Waals surface area contributed by atoms with E-state index in [9.17, 15) is 14.4 Å². The molecule has 3 aromatic rings. The average molecular weight is 486 g/mol. The van der Waals surface area contributed by atoms with E-state index in [0.29, 0.717) is 17.7 Å². The Hall–Kier alpha value is -3.59. The van der Waals surface area contributed by atoms with Gasteiger partial charge in [-0.1, -0.05) is 25.1 Å². The van der Waals surface area contributed by atoms with Crippen LogP contribution in [0.2, 0.25) is 0 Å². The SMILES string of the molecule is CCCOC(=O)c1c(NC(=O)c2ccc(COc3c(C)cccc3C)o2)sc(C(=O)OC)c1C. The van der Waals surface area contributed by atoms with Crippen LogP contribution in [0.4, 0.5) is 5.00 Å². The summed E-state index contributed by atoms with van der Waals surface area (Å²) >= 11 is 0.947. The van der Waals surface area contributed by atoms with Gasteiger partial charge in [-0.25, -0.2) is 9.59 Å². The standard InChI is InChI=1S/C25H27NO7S/c1-6-12-31-24(28)19-16(4)21(25(29)30-5)34-23(19)26-22(27)18-11-10-17(33-18)13-32-20-14(2)8-7-9-15(20)3/h7-11H,6,12-13H2,1-5H3,(H,26,27). The first-order valence-corrected chi connectivity index (χ1v) is 11.6. The number of anilines is 1. The second-order valence-corrected chi connectivity index (χ2v) is 8.64. The number of esters is 2. The van der Waals surface area contributed by atoms with E-state index in [1.54, 1.807) is 13.0 Å². The molecule has 0 aliphatic carbocycles. The van der Waals surface area contributed by atoms with E-state index in [4.69, 9.17) is 18.6 Å². The molecule has 9 heteroatoms. The number of amides is 1. The molecule has 0 spiro atoms. The van der Waals surface area contributed by atoms with Crippen molar-refractivity contribution in [2.45, 2.75) is 40.7 Å². The molecule has 0 bridgehead atoms. The van der Waals surface area contributed by atoms with Gasteiger partial charge in [0.2, 0.25) is 0 Å². The molecule has 3 rings (SSSR count). The largest absolute Gasteiger partial charge is 0.485 e. The Morgan fingerprint density at radius 3 is 2.38 bits per heavy atom. The fourth-order valence-corrected chi connectivity index (χ4v) is 4.42. The Balaban J connectivity index is 1.78. The molecule has 0 atom stereocenters. The van der Waals surface area contributed by atoms with Gasteiger partial charge < -0.3 is 23.9 Å². The highest BCUT2D eigenvalue weighted by molar-refractivity contribution is 7.18. The maximum Gasteiger partial charge on any atom is 0.348 e. The summed E-state index contributed by atoms with van der Waals surface area (Å²) in [5.74, 6) is -0.517. The molecule has 1 amide bonds. The summed E-state index contributed by atoms with van der Waals surface area (Å²) in [6, 6.07) is 9.04. The number of benzene rings is 1. The predicted octanol–water partition coefficient (Wildman–Crippen LogP) is 5.45. The first-order valence-electron chi connectivity index (χ1n) is 10.7. The first-order chi connectivity index (χ1) is 16.3. The van der Waals surface area contributed by atoms with Crippen molar-refractivity contribution in [1.82, 2.24) is 0 Å². The molecule has 34 heavy (non-hydrogen) atoms. The lowest BCUT2D eigenvalue weighted by molar-refractivity contribution is 0.0506. The Bertz CT molecular complexity index is 1190. The molecular formula is C25H27NO7S. The maximum absolute atomic E-state index is 12.9. The number of thiophene rings is 1. The normalized spacial score (nSPS) is 10.6. The second kappa shape index (κ2) is 11.0. The number of carbonyl (C=O) groups excluding carboxylic acids is 3. The Morgan fingerprint density at radius 2 is 1.74 bits per heavy atom. The Labute approximate surface area is 201 Å². The number of rotatable bonds is 9. The van der Waals surface area contributed by atoms with Gasteiger partial charge in [0.1, 0.15) is 28.0 Å². The van der Waals surface area contributed by atoms with E-state index >= 15 is 0 Å². The molecule has 0 fully saturated rings. The van der Waals surface area contributed by atoms with Crippen molar-refractivity contribution < 1.29 is 33.0 Å². The summed E-state index contributed by atoms with van der Waals surface area (Å²) < 4.78 is 21.6. The molecule has 0 saturated carbocycles. The number of nitrogens with one attached hydrogen (secondary N) is 1. The summed E-state index contributed by atoms with van der Waals surface area (Å²) in [6.07, 6.45) is 0.639. The highest BCUT2D eigenvalue weighted by Crippen LogP contribution is 2.34. The lowest BCUT2D eigenvalue weighted by Gasteiger charge is -2.10. The van der Waals surface area contributed by atoms with Gasteiger partial charge in [0.15, 0.2) is 5.76 Å². The molecule has 180 valence electrons. The fraction of sp³-hybridized carbons (Fsp3) is 0.320. The predicted molar refractivity (Wildman–Crippen MR) is 128 cm³/mol. The van der Waals surface area contributed by atoms with Crippen molar-refractivity contribution in [1.29, 1.82) is 0 Å². The number of para-hydroxylation sites is 1. The number of furan rings is 1. The zero-order valence-electron chi connectivity index (χ0n) is 19.8. The average Bonchev–Trinajstić information content (AvgIpc) is 3.41. The summed E-state index contributed by atoms with van der Waals surface area (Å²) in [5.41, 5.74) is 2.51. The highest BCUT2D eigenvalue weighted by Gasteiger charge is 2.28. The third-order valence-electron chi connectivity index (χ3n) is 5.04. The lowest BCUT2D eigenvalue weighted by Crippen LogP contribution is -2.14. The number of hydrogen-bond donors (Lipinski definition) is 1. The summed E-state index contributed by atoms with van der Waals surface area (Å²) in [5, 5.41) is 2.85. The number of methoxy groups -OCH3 is 1. The van der Waals surface area contributed by atoms with E-state index in [1.165, 1.54) is 13.2 Å². The molecular weight excluding hydrogens is 458 g/mol. The van der Waals surface area contributed by atoms with Crippen molar-refractivity contribution in [3.8, 4) is 5.75 Å². The van der Waals surface area contributed by atoms with E-state index in [2.05, 4.69) is 5.32 Å². The van der Waals surface area contributed by atoms with Gasteiger partial charge in [-0.2, -0.15) is 0 Å². The summed E-state index contributed by atoms with van der Waals surface area (Å²) in [7, 11) is 1.25. The van der Waals surface area contributed by atoms with Crippen LogP contribution in [0.25, 0.3) is 0 Å². The van der Waals surface area contributed by atoms with Gasteiger partial charge in [-0.05, 0) is 56.0 Å². The van der Waals surface area contributed by atoms with Gasteiger partial charge in [-0.15, -0.1) is 11.3 Å². The van der Waals surface area contributed by atoms with Crippen LogP contribution in [-0.2, 0) is 16.1 Å². The molecule has 0 radical (unpaired) electrons. The van der Waals surface area contributed by atoms with Crippen LogP contribution in [0.3, 0.4) is 0 Å². The van der Waals surface area contributed by atoms with Crippen LogP contribution < -0.4 is 10.1 Å². The molecule has 1 aromatic carbocycles. The maximum atomic E-state index is 12.9. The van der Waals surface area contributed by atoms with Crippen LogP contribution >= 0.6 is 11.3 Å². The zero-order valence-corrected chi connectivity index (χ0v) is 20.6. The fourth-order valence-electron chi connectivity index (χ4n) is 3.31. The smallest absolute Gasteiger partial charge is 0.348 e. The number of ether oxygens (including phenoxy) is 3. The van der Waals surface area contributed by atoms with Gasteiger partial charge in [0, 0.05) is 0 Å². The van der Waals surface area contributed by atoms with Crippen LogP contribution in [0.15, 0.2) is 34.7 Å². The van der Waals surface area contributed by atoms with Crippen molar-refractivity contribution in [2.75, 3.05) is 19.0 Å². The van der Waals surface area contributed by atoms with E-state index in [1.807, 2.05) is 39.0 Å². The molecule has 0 unspecified atom stereocenters. The van der Waals surface area contributed by atoms with Gasteiger partial charge >= 0.3 is 11.9 Å². The minimum atomic E-state index is -0.622. The van der Waals surface area contributed by atoms with Crippen molar-refractivity contribution in [2.24, 2.45) is 0 Å². The third kappa shape index (κ3) is 5.48. The molecule has 2 aromatic heterocycles. The van der Waals surface area contributed by atoms with Crippen molar-refractivity contribution in [3.05, 3.63) is 69.0 Å². The van der Waals surface area contributed by atoms with Crippen LogP contribution in [0, 0.1) is 20.8 Å². The Morgan fingerprint density at radius 1 is 1.03 bits per heavy atom. The monoisotopic (exact) mass is 485 g/mol. The van der Waals surface area contributed by atoms with E-state index in [-0.39, 0.29) is 34.4 Å². The molecule has 0 aliphatic rings. The van der Waals surface area contributed by atoms with E-state index in [0.717, 1.165) is 28.2 Å². The van der Waals surface area contributed by atoms with Crippen molar-refractivity contribution in [3.63, 3.8) is 0 Å². The second-order valence-electron chi connectivity index (χ2n) is 7.62. The van der Waals surface area contributed by atoms with Crippen molar-refractivity contribution >= 4 is 34.2 Å². The van der Waals surface area contributed by atoms with Crippen LogP contribution in [0.1, 0.15) is 66.4 Å². The van der Waals surface area contributed by atoms with Gasteiger partial charge in [-0.3, -0.25) is 4.79 Å². The highest BCUT2D eigenvalue weighted by atomic mass is 32.1. The summed E-state index contributed by atoms with van der Waals surface area (Å²) in [6.45, 7) is 7.76. The minimum absolute atomic E-state index is 0.0404. The molecule has 8 nitrogen and oxygen atoms in total. The molecule has 0 aliphatic heterocycles. The number of carbonyl (C=O) groups is 3. The number of hydrogen-bond acceptors (Lipinski definition) is 8. The molecule has 0 saturated heterocycles. The quantitative estimate of drug-likeness (QED) is 0.402. The Kier molecular flexibility index (Phi) is 8.12. The minimum Gasteiger partial charge on any atom is -0.485 e. The summed E-state index contributed by atoms with van der Waals surface area (Å²) in [4.78, 5) is 37.8. The van der Waals surface area contributed by atoms with Gasteiger partial charge in [0.05, 0.1) is 19.3 Å². The van der Waals surface area contributed by atoms with E-state index < -0.39 is 17.8 Å². The van der Waals surface area contributed by atoms with Gasteiger partial charge in [0.25, 0.3) is 5.91 Å². The zero-order chi connectivity index (χ0) is 24.8. The number of aryl methyl sites for hydroxylation is 2. The van der Waals surface area contributed by atoms with Crippen LogP contribution in [-0.4, -0.2) is 31.6 Å². The molecule has 1 N–H and O–H groups in total. The van der Waals surface area contributed by atoms with Crippen LogP contribution in [0.5, 0.6) is 5.75 Å². The molecule has 2 heterocycles. The topological polar surface area (TPSA) is 104 Å². The third-order valence-corrected chi connectivity index (χ3v) is 6.23.